The van der Waals surface area contributed by atoms with Gasteiger partial charge in [-0.2, -0.15) is 0 Å². The monoisotopic (exact) mass is 288 g/mol. The minimum atomic E-state index is 0.565. The van der Waals surface area contributed by atoms with Gasteiger partial charge in [-0.25, -0.2) is 0 Å². The van der Waals surface area contributed by atoms with Crippen molar-refractivity contribution in [2.24, 2.45) is 5.41 Å². The van der Waals surface area contributed by atoms with Crippen molar-refractivity contribution in [1.29, 1.82) is 0 Å². The minimum absolute atomic E-state index is 0.565. The molecular formula is C19H32N2. The van der Waals surface area contributed by atoms with Gasteiger partial charge in [-0.05, 0) is 61.4 Å². The highest BCUT2D eigenvalue weighted by Gasteiger charge is 2.28. The predicted octanol–water partition coefficient (Wildman–Crippen LogP) is 4.51. The Kier molecular flexibility index (Phi) is 5.69. The Morgan fingerprint density at radius 3 is 2.48 bits per heavy atom. The molecule has 0 unspecified atom stereocenters. The fraction of sp³-hybridized carbons (Fsp3) is 0.684. The Labute approximate surface area is 130 Å². The molecule has 1 aliphatic heterocycles. The van der Waals surface area contributed by atoms with Gasteiger partial charge in [0.15, 0.2) is 0 Å². The van der Waals surface area contributed by atoms with Crippen LogP contribution < -0.4 is 10.2 Å². The third-order valence-corrected chi connectivity index (χ3v) is 5.26. The number of piperidine rings is 1. The molecule has 1 aliphatic rings. The van der Waals surface area contributed by atoms with Gasteiger partial charge in [0.25, 0.3) is 0 Å². The molecule has 0 aromatic heterocycles. The Morgan fingerprint density at radius 2 is 1.90 bits per heavy atom. The number of nitrogens with zero attached hydrogens (tertiary/aromatic N) is 1. The van der Waals surface area contributed by atoms with E-state index in [0.717, 1.165) is 13.1 Å². The van der Waals surface area contributed by atoms with Crippen molar-refractivity contribution in [3.8, 4) is 0 Å². The van der Waals surface area contributed by atoms with Crippen LogP contribution in [0, 0.1) is 12.3 Å². The maximum Gasteiger partial charge on any atom is 0.0369 e. The summed E-state index contributed by atoms with van der Waals surface area (Å²) in [7, 11) is 0. The molecule has 0 bridgehead atoms. The highest BCUT2D eigenvalue weighted by Crippen LogP contribution is 2.35. The molecule has 1 aromatic rings. The summed E-state index contributed by atoms with van der Waals surface area (Å²) in [5, 5.41) is 3.50. The number of nitrogens with one attached hydrogen (secondary N) is 1. The van der Waals surface area contributed by atoms with Crippen LogP contribution >= 0.6 is 0 Å². The zero-order valence-electron chi connectivity index (χ0n) is 14.3. The van der Waals surface area contributed by atoms with Gasteiger partial charge >= 0.3 is 0 Å². The molecule has 0 atom stereocenters. The van der Waals surface area contributed by atoms with Crippen molar-refractivity contribution in [2.75, 3.05) is 24.5 Å². The molecule has 1 saturated heterocycles. The van der Waals surface area contributed by atoms with Gasteiger partial charge < -0.3 is 10.2 Å². The molecule has 1 N–H and O–H groups in total. The second kappa shape index (κ2) is 7.31. The summed E-state index contributed by atoms with van der Waals surface area (Å²) >= 11 is 0. The van der Waals surface area contributed by atoms with Crippen LogP contribution in [-0.2, 0) is 6.54 Å². The van der Waals surface area contributed by atoms with Crippen molar-refractivity contribution >= 4 is 5.69 Å². The van der Waals surface area contributed by atoms with Gasteiger partial charge in [0, 0.05) is 25.3 Å². The van der Waals surface area contributed by atoms with E-state index in [0.29, 0.717) is 5.41 Å². The van der Waals surface area contributed by atoms with Crippen molar-refractivity contribution in [1.82, 2.24) is 5.32 Å². The first-order valence-corrected chi connectivity index (χ1v) is 8.63. The van der Waals surface area contributed by atoms with Crippen molar-refractivity contribution in [3.63, 3.8) is 0 Å². The SMILES string of the molecule is CCCNCc1ccc(N2CCC(C)(CC)CC2)cc1C. The van der Waals surface area contributed by atoms with Gasteiger partial charge in [0.2, 0.25) is 0 Å². The predicted molar refractivity (Wildman–Crippen MR) is 93.0 cm³/mol. The van der Waals surface area contributed by atoms with E-state index in [9.17, 15) is 0 Å². The van der Waals surface area contributed by atoms with Crippen molar-refractivity contribution in [2.45, 2.75) is 59.9 Å². The third kappa shape index (κ3) is 4.23. The zero-order valence-corrected chi connectivity index (χ0v) is 14.3. The van der Waals surface area contributed by atoms with E-state index in [1.54, 1.807) is 0 Å². The molecule has 0 spiro atoms. The third-order valence-electron chi connectivity index (χ3n) is 5.26. The second-order valence-corrected chi connectivity index (χ2v) is 6.94. The summed E-state index contributed by atoms with van der Waals surface area (Å²) in [6.45, 7) is 13.7. The standard InChI is InChI=1S/C19H32N2/c1-5-11-20-15-17-7-8-18(14-16(17)3)21-12-9-19(4,6-2)10-13-21/h7-8,14,20H,5-6,9-13,15H2,1-4H3. The Hall–Kier alpha value is -1.02. The highest BCUT2D eigenvalue weighted by atomic mass is 15.1. The maximum absolute atomic E-state index is 3.50. The first kappa shape index (κ1) is 16.4. The van der Waals surface area contributed by atoms with Crippen LogP contribution in [0.3, 0.4) is 0 Å². The fourth-order valence-corrected chi connectivity index (χ4v) is 3.13. The van der Waals surface area contributed by atoms with Crippen LogP contribution in [0.15, 0.2) is 18.2 Å². The van der Waals surface area contributed by atoms with Crippen LogP contribution in [0.1, 0.15) is 57.6 Å². The summed E-state index contributed by atoms with van der Waals surface area (Å²) < 4.78 is 0. The summed E-state index contributed by atoms with van der Waals surface area (Å²) in [5.74, 6) is 0. The lowest BCUT2D eigenvalue weighted by molar-refractivity contribution is 0.238. The molecule has 1 aromatic carbocycles. The van der Waals surface area contributed by atoms with Gasteiger partial charge in [-0.1, -0.05) is 33.3 Å². The molecule has 2 heteroatoms. The normalized spacial score (nSPS) is 18.0. The topological polar surface area (TPSA) is 15.3 Å². The number of anilines is 1. The van der Waals surface area contributed by atoms with Gasteiger partial charge in [-0.3, -0.25) is 0 Å². The Balaban J connectivity index is 1.97. The van der Waals surface area contributed by atoms with E-state index in [1.165, 1.54) is 55.6 Å². The first-order chi connectivity index (χ1) is 10.1. The Morgan fingerprint density at radius 1 is 1.19 bits per heavy atom. The number of aryl methyl sites for hydroxylation is 1. The number of hydrogen-bond donors (Lipinski definition) is 1. The fourth-order valence-electron chi connectivity index (χ4n) is 3.13. The van der Waals surface area contributed by atoms with Crippen LogP contribution in [0.4, 0.5) is 5.69 Å². The van der Waals surface area contributed by atoms with Crippen molar-refractivity contribution < 1.29 is 0 Å². The highest BCUT2D eigenvalue weighted by molar-refractivity contribution is 5.51. The van der Waals surface area contributed by atoms with Crippen LogP contribution in [0.2, 0.25) is 0 Å². The molecule has 1 fully saturated rings. The Bertz CT molecular complexity index is 445. The van der Waals surface area contributed by atoms with Gasteiger partial charge in [-0.15, -0.1) is 0 Å². The molecule has 2 nitrogen and oxygen atoms in total. The van der Waals surface area contributed by atoms with E-state index in [-0.39, 0.29) is 0 Å². The van der Waals surface area contributed by atoms with Crippen LogP contribution in [-0.4, -0.2) is 19.6 Å². The van der Waals surface area contributed by atoms with E-state index in [4.69, 9.17) is 0 Å². The first-order valence-electron chi connectivity index (χ1n) is 8.63. The minimum Gasteiger partial charge on any atom is -0.371 e. The second-order valence-electron chi connectivity index (χ2n) is 6.94. The quantitative estimate of drug-likeness (QED) is 0.775. The lowest BCUT2D eigenvalue weighted by Crippen LogP contribution is -2.38. The summed E-state index contributed by atoms with van der Waals surface area (Å²) in [6, 6.07) is 6.99. The van der Waals surface area contributed by atoms with E-state index in [1.807, 2.05) is 0 Å². The van der Waals surface area contributed by atoms with Gasteiger partial charge in [0.1, 0.15) is 0 Å². The van der Waals surface area contributed by atoms with E-state index in [2.05, 4.69) is 56.1 Å². The van der Waals surface area contributed by atoms with Crippen LogP contribution in [0.5, 0.6) is 0 Å². The molecule has 1 heterocycles. The molecule has 0 saturated carbocycles. The van der Waals surface area contributed by atoms with Gasteiger partial charge in [0.05, 0.1) is 0 Å². The molecular weight excluding hydrogens is 256 g/mol. The zero-order chi connectivity index (χ0) is 15.3. The molecule has 0 aliphatic carbocycles. The lowest BCUT2D eigenvalue weighted by atomic mass is 9.78. The average Bonchev–Trinajstić information content (AvgIpc) is 2.50. The lowest BCUT2D eigenvalue weighted by Gasteiger charge is -2.40. The van der Waals surface area contributed by atoms with E-state index < -0.39 is 0 Å². The maximum atomic E-state index is 3.50. The largest absolute Gasteiger partial charge is 0.371 e. The number of hydrogen-bond acceptors (Lipinski definition) is 2. The van der Waals surface area contributed by atoms with Crippen LogP contribution in [0.25, 0.3) is 0 Å². The molecule has 21 heavy (non-hydrogen) atoms. The number of benzene rings is 1. The summed E-state index contributed by atoms with van der Waals surface area (Å²) in [4.78, 5) is 2.56. The summed E-state index contributed by atoms with van der Waals surface area (Å²) in [5.41, 5.74) is 4.82. The molecule has 0 radical (unpaired) electrons. The molecule has 118 valence electrons. The summed E-state index contributed by atoms with van der Waals surface area (Å²) in [6.07, 6.45) is 5.15. The van der Waals surface area contributed by atoms with E-state index >= 15 is 0 Å². The average molecular weight is 288 g/mol. The molecule has 2 rings (SSSR count). The number of rotatable bonds is 6. The van der Waals surface area contributed by atoms with Crippen molar-refractivity contribution in [3.05, 3.63) is 29.3 Å². The molecule has 0 amide bonds. The smallest absolute Gasteiger partial charge is 0.0369 e.